The highest BCUT2D eigenvalue weighted by atomic mass is 16.5. The van der Waals surface area contributed by atoms with Gasteiger partial charge in [0.05, 0.1) is 19.3 Å². The number of rotatable bonds is 7. The molecule has 1 aliphatic rings. The van der Waals surface area contributed by atoms with Gasteiger partial charge < -0.3 is 19.9 Å². The van der Waals surface area contributed by atoms with E-state index >= 15 is 0 Å². The first kappa shape index (κ1) is 18.6. The van der Waals surface area contributed by atoms with Crippen molar-refractivity contribution in [2.75, 3.05) is 19.8 Å². The topological polar surface area (TPSA) is 67.8 Å². The Morgan fingerprint density at radius 1 is 1.29 bits per heavy atom. The summed E-state index contributed by atoms with van der Waals surface area (Å²) < 4.78 is 10.4. The van der Waals surface area contributed by atoms with E-state index in [-0.39, 0.29) is 6.10 Å². The maximum Gasteiger partial charge on any atom is 0.407 e. The zero-order valence-electron chi connectivity index (χ0n) is 14.7. The molecule has 1 unspecified atom stereocenters. The lowest BCUT2D eigenvalue weighted by Gasteiger charge is -2.32. The normalized spacial score (nSPS) is 23.5. The van der Waals surface area contributed by atoms with E-state index in [1.165, 1.54) is 12.0 Å². The molecule has 0 spiro atoms. The average molecular weight is 335 g/mol. The van der Waals surface area contributed by atoms with E-state index in [0.29, 0.717) is 31.6 Å². The van der Waals surface area contributed by atoms with Gasteiger partial charge in [-0.3, -0.25) is 0 Å². The van der Waals surface area contributed by atoms with E-state index in [9.17, 15) is 9.90 Å². The Morgan fingerprint density at radius 2 is 2.04 bits per heavy atom. The van der Waals surface area contributed by atoms with Crippen molar-refractivity contribution in [2.45, 2.75) is 45.6 Å². The Morgan fingerprint density at radius 3 is 2.75 bits per heavy atom. The van der Waals surface area contributed by atoms with Crippen molar-refractivity contribution in [3.8, 4) is 5.75 Å². The van der Waals surface area contributed by atoms with Crippen molar-refractivity contribution in [1.29, 1.82) is 0 Å². The summed E-state index contributed by atoms with van der Waals surface area (Å²) in [6, 6.07) is 8.00. The number of hydrogen-bond acceptors (Lipinski definition) is 4. The van der Waals surface area contributed by atoms with Gasteiger partial charge in [0.1, 0.15) is 12.4 Å². The minimum Gasteiger partial charge on any atom is -0.492 e. The van der Waals surface area contributed by atoms with E-state index in [1.807, 2.05) is 12.1 Å². The van der Waals surface area contributed by atoms with E-state index in [4.69, 9.17) is 9.47 Å². The molecule has 134 valence electrons. The van der Waals surface area contributed by atoms with E-state index < -0.39 is 6.09 Å². The number of carbonyl (C=O) groups excluding carboxylic acids is 1. The number of amides is 1. The highest BCUT2D eigenvalue weighted by Crippen LogP contribution is 2.31. The number of nitrogens with one attached hydrogen (secondary N) is 1. The van der Waals surface area contributed by atoms with Gasteiger partial charge in [0, 0.05) is 0 Å². The van der Waals surface area contributed by atoms with Gasteiger partial charge in [-0.2, -0.15) is 0 Å². The minimum atomic E-state index is -0.420. The zero-order chi connectivity index (χ0) is 17.4. The lowest BCUT2D eigenvalue weighted by atomic mass is 9.77. The first-order valence-corrected chi connectivity index (χ1v) is 8.90. The van der Waals surface area contributed by atoms with Crippen LogP contribution >= 0.6 is 0 Å². The summed E-state index contributed by atoms with van der Waals surface area (Å²) in [5.74, 6) is 1.54. The third-order valence-corrected chi connectivity index (χ3v) is 4.64. The van der Waals surface area contributed by atoms with Crippen molar-refractivity contribution in [1.82, 2.24) is 5.32 Å². The summed E-state index contributed by atoms with van der Waals surface area (Å²) in [5, 5.41) is 12.9. The summed E-state index contributed by atoms with van der Waals surface area (Å²) in [6.07, 6.45) is 3.74. The second-order valence-electron chi connectivity index (χ2n) is 6.50. The van der Waals surface area contributed by atoms with Crippen molar-refractivity contribution < 1.29 is 19.4 Å². The molecule has 1 aromatic rings. The quantitative estimate of drug-likeness (QED) is 0.751. The number of alkyl carbamates (subject to hydrolysis) is 1. The van der Waals surface area contributed by atoms with Gasteiger partial charge in [-0.05, 0) is 55.7 Å². The van der Waals surface area contributed by atoms with Crippen LogP contribution in [-0.2, 0) is 11.2 Å². The van der Waals surface area contributed by atoms with Crippen LogP contribution in [0.4, 0.5) is 4.79 Å². The van der Waals surface area contributed by atoms with Gasteiger partial charge in [-0.15, -0.1) is 0 Å². The Balaban J connectivity index is 1.73. The SMILES string of the molecule is CCOC(=O)NCCOc1ccc(C[C@H]2CCCC(C)[C@@H]2O)cc1. The number of benzene rings is 1. The summed E-state index contributed by atoms with van der Waals surface area (Å²) in [4.78, 5) is 11.1. The first-order chi connectivity index (χ1) is 11.6. The predicted octanol–water partition coefficient (Wildman–Crippen LogP) is 3.15. The van der Waals surface area contributed by atoms with Gasteiger partial charge in [-0.25, -0.2) is 4.79 Å². The molecule has 1 fully saturated rings. The monoisotopic (exact) mass is 335 g/mol. The Kier molecular flexibility index (Phi) is 7.37. The molecule has 5 nitrogen and oxygen atoms in total. The molecule has 2 rings (SSSR count). The summed E-state index contributed by atoms with van der Waals surface area (Å²) >= 11 is 0. The highest BCUT2D eigenvalue weighted by Gasteiger charge is 2.28. The number of aliphatic hydroxyl groups excluding tert-OH is 1. The molecule has 1 aliphatic carbocycles. The fraction of sp³-hybridized carbons (Fsp3) is 0.632. The van der Waals surface area contributed by atoms with Gasteiger partial charge in [0.15, 0.2) is 0 Å². The van der Waals surface area contributed by atoms with Crippen LogP contribution in [0, 0.1) is 11.8 Å². The highest BCUT2D eigenvalue weighted by molar-refractivity contribution is 5.66. The largest absolute Gasteiger partial charge is 0.492 e. The molecular formula is C19H29NO4. The maximum atomic E-state index is 11.1. The number of carbonyl (C=O) groups is 1. The summed E-state index contributed by atoms with van der Waals surface area (Å²) in [5.41, 5.74) is 1.23. The summed E-state index contributed by atoms with van der Waals surface area (Å²) in [6.45, 7) is 5.08. The van der Waals surface area contributed by atoms with Crippen molar-refractivity contribution in [2.24, 2.45) is 11.8 Å². The smallest absolute Gasteiger partial charge is 0.407 e. The van der Waals surface area contributed by atoms with Crippen LogP contribution in [0.5, 0.6) is 5.75 Å². The van der Waals surface area contributed by atoms with Crippen LogP contribution in [0.3, 0.4) is 0 Å². The van der Waals surface area contributed by atoms with Gasteiger partial charge in [0.2, 0.25) is 0 Å². The van der Waals surface area contributed by atoms with E-state index in [2.05, 4.69) is 24.4 Å². The molecule has 24 heavy (non-hydrogen) atoms. The van der Waals surface area contributed by atoms with Crippen LogP contribution in [-0.4, -0.2) is 37.1 Å². The molecule has 1 aromatic carbocycles. The minimum absolute atomic E-state index is 0.191. The fourth-order valence-corrected chi connectivity index (χ4v) is 3.26. The number of ether oxygens (including phenoxy) is 2. The standard InChI is InChI=1S/C19H29NO4/c1-3-23-19(22)20-11-12-24-17-9-7-15(8-10-17)13-16-6-4-5-14(2)18(16)21/h7-10,14,16,18,21H,3-6,11-13H2,1-2H3,(H,20,22)/t14?,16-,18+/m1/s1. The van der Waals surface area contributed by atoms with Gasteiger partial charge in [-0.1, -0.05) is 25.5 Å². The van der Waals surface area contributed by atoms with Crippen LogP contribution < -0.4 is 10.1 Å². The first-order valence-electron chi connectivity index (χ1n) is 8.90. The average Bonchev–Trinajstić information content (AvgIpc) is 2.57. The Hall–Kier alpha value is -1.75. The molecule has 0 heterocycles. The van der Waals surface area contributed by atoms with Gasteiger partial charge >= 0.3 is 6.09 Å². The van der Waals surface area contributed by atoms with Crippen molar-refractivity contribution in [3.05, 3.63) is 29.8 Å². The van der Waals surface area contributed by atoms with Crippen LogP contribution in [0.25, 0.3) is 0 Å². The third kappa shape index (κ3) is 5.71. The molecule has 3 atom stereocenters. The third-order valence-electron chi connectivity index (χ3n) is 4.64. The molecule has 0 aliphatic heterocycles. The Labute approximate surface area is 144 Å². The molecule has 0 aromatic heterocycles. The molecule has 2 N–H and O–H groups in total. The molecule has 1 amide bonds. The predicted molar refractivity (Wildman–Crippen MR) is 93.2 cm³/mol. The molecule has 0 saturated heterocycles. The molecule has 0 radical (unpaired) electrons. The van der Waals surface area contributed by atoms with Crippen molar-refractivity contribution in [3.63, 3.8) is 0 Å². The lowest BCUT2D eigenvalue weighted by Crippen LogP contribution is -2.32. The second-order valence-corrected chi connectivity index (χ2v) is 6.50. The van der Waals surface area contributed by atoms with Gasteiger partial charge in [0.25, 0.3) is 0 Å². The van der Waals surface area contributed by atoms with E-state index in [1.54, 1.807) is 6.92 Å². The number of aliphatic hydroxyl groups is 1. The van der Waals surface area contributed by atoms with E-state index in [0.717, 1.165) is 25.0 Å². The number of hydrogen-bond donors (Lipinski definition) is 2. The van der Waals surface area contributed by atoms with Crippen LogP contribution in [0.15, 0.2) is 24.3 Å². The summed E-state index contributed by atoms with van der Waals surface area (Å²) in [7, 11) is 0. The zero-order valence-corrected chi connectivity index (χ0v) is 14.7. The Bertz CT molecular complexity index is 503. The molecule has 0 bridgehead atoms. The fourth-order valence-electron chi connectivity index (χ4n) is 3.26. The molecule has 1 saturated carbocycles. The second kappa shape index (κ2) is 9.52. The van der Waals surface area contributed by atoms with Crippen LogP contribution in [0.2, 0.25) is 0 Å². The maximum absolute atomic E-state index is 11.1. The van der Waals surface area contributed by atoms with Crippen LogP contribution in [0.1, 0.15) is 38.7 Å². The molecule has 5 heteroatoms. The van der Waals surface area contributed by atoms with Crippen molar-refractivity contribution >= 4 is 6.09 Å². The lowest BCUT2D eigenvalue weighted by molar-refractivity contribution is 0.0254. The molecular weight excluding hydrogens is 306 g/mol.